The highest BCUT2D eigenvalue weighted by atomic mass is 19.1. The van der Waals surface area contributed by atoms with E-state index in [0.717, 1.165) is 33.4 Å². The quantitative estimate of drug-likeness (QED) is 0.200. The second-order valence-corrected chi connectivity index (χ2v) is 13.1. The number of rotatable bonds is 6. The van der Waals surface area contributed by atoms with Crippen molar-refractivity contribution in [2.75, 3.05) is 13.2 Å². The van der Waals surface area contributed by atoms with Crippen LogP contribution in [0.1, 0.15) is 43.7 Å². The topological polar surface area (TPSA) is 114 Å². The molecule has 0 saturated heterocycles. The van der Waals surface area contributed by atoms with E-state index in [9.17, 15) is 9.90 Å². The van der Waals surface area contributed by atoms with Crippen LogP contribution in [0, 0.1) is 19.7 Å². The normalized spacial score (nSPS) is 13.8. The number of ether oxygens (including phenoxy) is 3. The monoisotopic (exact) mass is 649 g/mol. The highest BCUT2D eigenvalue weighted by molar-refractivity contribution is 6.01. The minimum Gasteiger partial charge on any atom is -0.486 e. The van der Waals surface area contributed by atoms with Crippen LogP contribution in [0.2, 0.25) is 0 Å². The van der Waals surface area contributed by atoms with E-state index in [0.29, 0.717) is 44.7 Å². The second-order valence-electron chi connectivity index (χ2n) is 13.1. The smallest absolute Gasteiger partial charge is 0.337 e. The van der Waals surface area contributed by atoms with Crippen molar-refractivity contribution in [3.05, 3.63) is 77.5 Å². The number of aromatic nitrogens is 5. The van der Waals surface area contributed by atoms with Crippen LogP contribution in [-0.2, 0) is 23.6 Å². The Labute approximate surface area is 276 Å². The Kier molecular flexibility index (Phi) is 7.47. The lowest BCUT2D eigenvalue weighted by atomic mass is 9.89. The average Bonchev–Trinajstić information content (AvgIpc) is 3.59. The van der Waals surface area contributed by atoms with Gasteiger partial charge in [-0.3, -0.25) is 9.67 Å². The summed E-state index contributed by atoms with van der Waals surface area (Å²) in [5, 5.41) is 16.5. The fourth-order valence-corrected chi connectivity index (χ4v) is 6.56. The Hall–Kier alpha value is -5.29. The first-order valence-electron chi connectivity index (χ1n) is 15.7. The van der Waals surface area contributed by atoms with Crippen molar-refractivity contribution < 1.29 is 28.5 Å². The molecule has 0 aliphatic carbocycles. The van der Waals surface area contributed by atoms with Crippen LogP contribution < -0.4 is 9.47 Å². The van der Waals surface area contributed by atoms with E-state index >= 15 is 4.39 Å². The summed E-state index contributed by atoms with van der Waals surface area (Å²) >= 11 is 0. The first-order valence-corrected chi connectivity index (χ1v) is 15.7. The van der Waals surface area contributed by atoms with Gasteiger partial charge in [-0.25, -0.2) is 14.2 Å². The fourth-order valence-electron chi connectivity index (χ4n) is 6.56. The average molecular weight is 650 g/mol. The van der Waals surface area contributed by atoms with Gasteiger partial charge in [0.05, 0.1) is 28.7 Å². The van der Waals surface area contributed by atoms with E-state index in [4.69, 9.17) is 19.2 Å². The molecule has 0 radical (unpaired) electrons. The maximum atomic E-state index is 15.7. The van der Waals surface area contributed by atoms with Gasteiger partial charge in [0.15, 0.2) is 23.4 Å². The van der Waals surface area contributed by atoms with Gasteiger partial charge in [-0.15, -0.1) is 0 Å². The molecular weight excluding hydrogens is 613 g/mol. The van der Waals surface area contributed by atoms with Gasteiger partial charge in [0.1, 0.15) is 18.9 Å². The van der Waals surface area contributed by atoms with Gasteiger partial charge < -0.3 is 23.9 Å². The van der Waals surface area contributed by atoms with E-state index in [2.05, 4.69) is 16.1 Å². The zero-order valence-corrected chi connectivity index (χ0v) is 27.9. The van der Waals surface area contributed by atoms with Crippen LogP contribution in [0.3, 0.4) is 0 Å². The highest BCUT2D eigenvalue weighted by Crippen LogP contribution is 2.47. The first kappa shape index (κ1) is 31.3. The molecule has 48 heavy (non-hydrogen) atoms. The van der Waals surface area contributed by atoms with Gasteiger partial charge in [0, 0.05) is 64.6 Å². The molecule has 7 rings (SSSR count). The van der Waals surface area contributed by atoms with Crippen molar-refractivity contribution >= 4 is 27.9 Å². The predicted molar refractivity (Wildman–Crippen MR) is 181 cm³/mol. The zero-order chi connectivity index (χ0) is 34.1. The summed E-state index contributed by atoms with van der Waals surface area (Å²) in [6.45, 7) is 9.49. The molecule has 1 aliphatic rings. The van der Waals surface area contributed by atoms with E-state index in [1.807, 2.05) is 66.8 Å². The summed E-state index contributed by atoms with van der Waals surface area (Å²) in [4.78, 5) is 22.5. The van der Waals surface area contributed by atoms with Crippen molar-refractivity contribution in [1.82, 2.24) is 24.3 Å². The minimum atomic E-state index is -1.38. The SMILES string of the molecule is Cc1nc2c(cc(-c3ccnc(-c4ccc5c(cnn5C)c4)c3)n2C)c(-c2cc(F)c3c(c2C)OCCO3)c1[C@H](OC(C)(C)C)C(=O)O. The van der Waals surface area contributed by atoms with Crippen LogP contribution >= 0.6 is 0 Å². The van der Waals surface area contributed by atoms with Crippen LogP contribution in [0.4, 0.5) is 4.39 Å². The zero-order valence-electron chi connectivity index (χ0n) is 27.9. The van der Waals surface area contributed by atoms with Crippen molar-refractivity contribution in [3.63, 3.8) is 0 Å². The predicted octanol–water partition coefficient (Wildman–Crippen LogP) is 7.32. The molecule has 0 spiro atoms. The molecule has 0 fully saturated rings. The van der Waals surface area contributed by atoms with Gasteiger partial charge in [-0.05, 0) is 76.6 Å². The van der Waals surface area contributed by atoms with Gasteiger partial charge in [-0.2, -0.15) is 5.10 Å². The van der Waals surface area contributed by atoms with Crippen LogP contribution in [0.5, 0.6) is 11.5 Å². The number of benzene rings is 2. The lowest BCUT2D eigenvalue weighted by Crippen LogP contribution is -2.28. The Bertz CT molecular complexity index is 2270. The molecule has 6 aromatic rings. The number of pyridine rings is 2. The van der Waals surface area contributed by atoms with Crippen molar-refractivity contribution in [1.29, 1.82) is 0 Å². The molecule has 4 aromatic heterocycles. The molecule has 0 saturated carbocycles. The Morgan fingerprint density at radius 1 is 1.02 bits per heavy atom. The van der Waals surface area contributed by atoms with E-state index in [-0.39, 0.29) is 19.0 Å². The molecule has 246 valence electrons. The standard InChI is InChI=1S/C37H36FN5O5/c1-19-24(16-26(38)33-32(19)46-12-13-47-33)31-25-17-29(42(6)35(25)41-20(2)30(31)34(36(44)45)48-37(3,4)5)22-10-11-39-27(15-22)21-8-9-28-23(14-21)18-40-43(28)7/h8-11,14-18,34H,12-13H2,1-7H3,(H,44,45)/t34-/m0/s1. The Morgan fingerprint density at radius 3 is 2.50 bits per heavy atom. The molecular formula is C37H36FN5O5. The number of nitrogens with zero attached hydrogens (tertiary/aromatic N) is 5. The molecule has 10 nitrogen and oxygen atoms in total. The summed E-state index contributed by atoms with van der Waals surface area (Å²) in [5.41, 5.74) is 6.66. The second kappa shape index (κ2) is 11.4. The molecule has 5 heterocycles. The molecule has 0 amide bonds. The first-order chi connectivity index (χ1) is 22.8. The third-order valence-corrected chi connectivity index (χ3v) is 8.74. The van der Waals surface area contributed by atoms with Crippen molar-refractivity contribution in [2.45, 2.75) is 46.3 Å². The van der Waals surface area contributed by atoms with Crippen LogP contribution in [0.15, 0.2) is 54.9 Å². The molecule has 1 N–H and O–H groups in total. The largest absolute Gasteiger partial charge is 0.486 e. The number of hydrogen-bond acceptors (Lipinski definition) is 7. The summed E-state index contributed by atoms with van der Waals surface area (Å²) in [7, 11) is 3.82. The van der Waals surface area contributed by atoms with Crippen molar-refractivity contribution in [2.24, 2.45) is 14.1 Å². The van der Waals surface area contributed by atoms with E-state index < -0.39 is 23.5 Å². The van der Waals surface area contributed by atoms with E-state index in [1.54, 1.807) is 33.9 Å². The maximum Gasteiger partial charge on any atom is 0.337 e. The molecule has 0 unspecified atom stereocenters. The third kappa shape index (κ3) is 5.24. The molecule has 11 heteroatoms. The summed E-state index contributed by atoms with van der Waals surface area (Å²) in [6, 6.07) is 13.4. The Balaban J connectivity index is 1.48. The summed E-state index contributed by atoms with van der Waals surface area (Å²) in [6.07, 6.45) is 2.21. The number of aliphatic carboxylic acids is 1. The van der Waals surface area contributed by atoms with Gasteiger partial charge in [-0.1, -0.05) is 6.07 Å². The number of carboxylic acid groups (broad SMARTS) is 1. The number of fused-ring (bicyclic) bond motifs is 3. The van der Waals surface area contributed by atoms with Gasteiger partial charge >= 0.3 is 5.97 Å². The number of carbonyl (C=O) groups is 1. The van der Waals surface area contributed by atoms with E-state index in [1.165, 1.54) is 6.07 Å². The molecule has 0 bridgehead atoms. The fraction of sp³-hybridized carbons (Fsp3) is 0.297. The molecule has 1 atom stereocenters. The number of carboxylic acids is 1. The third-order valence-electron chi connectivity index (χ3n) is 8.74. The Morgan fingerprint density at radius 2 is 1.77 bits per heavy atom. The minimum absolute atomic E-state index is 0.0503. The summed E-state index contributed by atoms with van der Waals surface area (Å²) < 4.78 is 37.2. The van der Waals surface area contributed by atoms with Crippen molar-refractivity contribution in [3.8, 4) is 45.1 Å². The van der Waals surface area contributed by atoms with Crippen LogP contribution in [0.25, 0.3) is 55.6 Å². The number of halogens is 1. The highest BCUT2D eigenvalue weighted by Gasteiger charge is 2.35. The summed E-state index contributed by atoms with van der Waals surface area (Å²) in [5.74, 6) is -1.42. The lowest BCUT2D eigenvalue weighted by molar-refractivity contribution is -0.160. The molecule has 2 aromatic carbocycles. The number of hydrogen-bond donors (Lipinski definition) is 1. The lowest BCUT2D eigenvalue weighted by Gasteiger charge is -2.29. The number of aryl methyl sites for hydroxylation is 3. The molecule has 1 aliphatic heterocycles. The maximum absolute atomic E-state index is 15.7. The van der Waals surface area contributed by atoms with Gasteiger partial charge in [0.2, 0.25) is 0 Å². The van der Waals surface area contributed by atoms with Gasteiger partial charge in [0.25, 0.3) is 0 Å². The van der Waals surface area contributed by atoms with Crippen LogP contribution in [-0.4, -0.2) is 54.2 Å².